The number of halogens is 1. The highest BCUT2D eigenvalue weighted by molar-refractivity contribution is 7.14. The lowest BCUT2D eigenvalue weighted by atomic mass is 10.1. The van der Waals surface area contributed by atoms with Gasteiger partial charge in [-0.2, -0.15) is 0 Å². The van der Waals surface area contributed by atoms with Gasteiger partial charge in [-0.25, -0.2) is 0 Å². The van der Waals surface area contributed by atoms with Crippen molar-refractivity contribution in [2.24, 2.45) is 0 Å². The van der Waals surface area contributed by atoms with Crippen LogP contribution in [0.3, 0.4) is 0 Å². The Hall–Kier alpha value is -1.32. The molecule has 0 bridgehead atoms. The lowest BCUT2D eigenvalue weighted by Crippen LogP contribution is -2.24. The van der Waals surface area contributed by atoms with Gasteiger partial charge in [0.1, 0.15) is 0 Å². The Bertz CT molecular complexity index is 589. The van der Waals surface area contributed by atoms with Crippen LogP contribution in [0.25, 0.3) is 0 Å². The van der Waals surface area contributed by atoms with Gasteiger partial charge in [-0.05, 0) is 49.1 Å². The van der Waals surface area contributed by atoms with E-state index in [4.69, 9.17) is 11.6 Å². The predicted octanol–water partition coefficient (Wildman–Crippen LogP) is 4.24. The molecule has 0 radical (unpaired) electrons. The minimum atomic E-state index is 0.0202. The zero-order valence-electron chi connectivity index (χ0n) is 11.7. The Morgan fingerprint density at radius 3 is 2.60 bits per heavy atom. The molecule has 1 aromatic heterocycles. The van der Waals surface area contributed by atoms with Gasteiger partial charge < -0.3 is 5.32 Å². The molecule has 0 spiro atoms. The highest BCUT2D eigenvalue weighted by Gasteiger charge is 2.10. The number of aryl methyl sites for hydroxylation is 2. The third-order valence-corrected chi connectivity index (χ3v) is 4.58. The van der Waals surface area contributed by atoms with Crippen LogP contribution in [-0.2, 0) is 12.8 Å². The van der Waals surface area contributed by atoms with Gasteiger partial charge in [0.15, 0.2) is 0 Å². The molecular weight excluding hydrogens is 290 g/mol. The van der Waals surface area contributed by atoms with E-state index in [-0.39, 0.29) is 5.91 Å². The molecule has 0 fully saturated rings. The van der Waals surface area contributed by atoms with E-state index in [0.29, 0.717) is 6.54 Å². The molecule has 2 nitrogen and oxygen atoms in total. The maximum absolute atomic E-state index is 12.0. The molecule has 106 valence electrons. The van der Waals surface area contributed by atoms with E-state index in [9.17, 15) is 4.79 Å². The number of carbonyl (C=O) groups is 1. The number of benzene rings is 1. The van der Waals surface area contributed by atoms with Crippen LogP contribution < -0.4 is 5.32 Å². The van der Waals surface area contributed by atoms with Crippen molar-refractivity contribution < 1.29 is 4.79 Å². The van der Waals surface area contributed by atoms with Gasteiger partial charge in [0, 0.05) is 16.4 Å². The second-order valence-corrected chi connectivity index (χ2v) is 6.37. The van der Waals surface area contributed by atoms with Crippen LogP contribution in [0.5, 0.6) is 0 Å². The number of hydrogen-bond acceptors (Lipinski definition) is 2. The molecule has 1 amide bonds. The van der Waals surface area contributed by atoms with Gasteiger partial charge in [0.05, 0.1) is 4.88 Å². The summed E-state index contributed by atoms with van der Waals surface area (Å²) in [6.45, 7) is 4.81. The normalized spacial score (nSPS) is 10.6. The molecule has 0 aliphatic heterocycles. The Balaban J connectivity index is 1.87. The van der Waals surface area contributed by atoms with Crippen LogP contribution in [0.1, 0.15) is 32.6 Å². The molecule has 20 heavy (non-hydrogen) atoms. The molecule has 0 saturated heterocycles. The van der Waals surface area contributed by atoms with Gasteiger partial charge in [0.25, 0.3) is 5.91 Å². The number of hydrogen-bond donors (Lipinski definition) is 1. The first kappa shape index (κ1) is 15.1. The smallest absolute Gasteiger partial charge is 0.261 e. The Kier molecular flexibility index (Phi) is 5.21. The zero-order chi connectivity index (χ0) is 14.5. The van der Waals surface area contributed by atoms with Crippen molar-refractivity contribution in [3.8, 4) is 0 Å². The number of nitrogens with one attached hydrogen (secondary N) is 1. The number of amides is 1. The maximum Gasteiger partial charge on any atom is 0.261 e. The summed E-state index contributed by atoms with van der Waals surface area (Å²) in [4.78, 5) is 14.1. The van der Waals surface area contributed by atoms with Crippen molar-refractivity contribution in [1.82, 2.24) is 5.32 Å². The standard InChI is InChI=1S/C16H18ClNOS/c1-3-13-10-15(20-11(13)2)16(19)18-9-8-12-4-6-14(17)7-5-12/h4-7,10H,3,8-9H2,1-2H3,(H,18,19). The molecule has 2 rings (SSSR count). The highest BCUT2D eigenvalue weighted by atomic mass is 35.5. The Labute approximate surface area is 128 Å². The van der Waals surface area contributed by atoms with E-state index < -0.39 is 0 Å². The summed E-state index contributed by atoms with van der Waals surface area (Å²) in [7, 11) is 0. The van der Waals surface area contributed by atoms with Gasteiger partial charge in [-0.3, -0.25) is 4.79 Å². The van der Waals surface area contributed by atoms with E-state index in [1.807, 2.05) is 30.3 Å². The fraction of sp³-hybridized carbons (Fsp3) is 0.312. The minimum Gasteiger partial charge on any atom is -0.351 e. The number of rotatable bonds is 5. The second kappa shape index (κ2) is 6.91. The van der Waals surface area contributed by atoms with Crippen molar-refractivity contribution >= 4 is 28.8 Å². The van der Waals surface area contributed by atoms with Gasteiger partial charge >= 0.3 is 0 Å². The van der Waals surface area contributed by atoms with Crippen molar-refractivity contribution in [2.45, 2.75) is 26.7 Å². The molecule has 0 aliphatic carbocycles. The monoisotopic (exact) mass is 307 g/mol. The first-order valence-corrected chi connectivity index (χ1v) is 7.91. The van der Waals surface area contributed by atoms with Gasteiger partial charge in [-0.1, -0.05) is 30.7 Å². The summed E-state index contributed by atoms with van der Waals surface area (Å²) in [5.41, 5.74) is 2.43. The molecule has 0 atom stereocenters. The second-order valence-electron chi connectivity index (χ2n) is 4.68. The molecular formula is C16H18ClNOS. The minimum absolute atomic E-state index is 0.0202. The van der Waals surface area contributed by atoms with Crippen LogP contribution in [0.2, 0.25) is 5.02 Å². The van der Waals surface area contributed by atoms with Crippen LogP contribution >= 0.6 is 22.9 Å². The first-order chi connectivity index (χ1) is 9.60. The molecule has 2 aromatic rings. The third kappa shape index (κ3) is 3.84. The van der Waals surface area contributed by atoms with Crippen LogP contribution in [0, 0.1) is 6.92 Å². The largest absolute Gasteiger partial charge is 0.351 e. The Morgan fingerprint density at radius 1 is 1.30 bits per heavy atom. The van der Waals surface area contributed by atoms with Crippen LogP contribution in [-0.4, -0.2) is 12.5 Å². The SMILES string of the molecule is CCc1cc(C(=O)NCCc2ccc(Cl)cc2)sc1C. The van der Waals surface area contributed by atoms with E-state index in [1.165, 1.54) is 16.0 Å². The average molecular weight is 308 g/mol. The van der Waals surface area contributed by atoms with Crippen LogP contribution in [0.15, 0.2) is 30.3 Å². The predicted molar refractivity (Wildman–Crippen MR) is 85.9 cm³/mol. The molecule has 0 aliphatic rings. The first-order valence-electron chi connectivity index (χ1n) is 6.72. The zero-order valence-corrected chi connectivity index (χ0v) is 13.3. The van der Waals surface area contributed by atoms with Crippen molar-refractivity contribution in [3.63, 3.8) is 0 Å². The van der Waals surface area contributed by atoms with E-state index >= 15 is 0 Å². The molecule has 1 N–H and O–H groups in total. The lowest BCUT2D eigenvalue weighted by Gasteiger charge is -2.04. The average Bonchev–Trinajstić information content (AvgIpc) is 2.82. The van der Waals surface area contributed by atoms with E-state index in [1.54, 1.807) is 11.3 Å². The number of carbonyl (C=O) groups excluding carboxylic acids is 1. The molecule has 0 unspecified atom stereocenters. The summed E-state index contributed by atoms with van der Waals surface area (Å²) in [6, 6.07) is 9.71. The highest BCUT2D eigenvalue weighted by Crippen LogP contribution is 2.21. The summed E-state index contributed by atoms with van der Waals surface area (Å²) in [5, 5.41) is 3.70. The quantitative estimate of drug-likeness (QED) is 0.879. The van der Waals surface area contributed by atoms with Crippen molar-refractivity contribution in [2.75, 3.05) is 6.54 Å². The maximum atomic E-state index is 12.0. The summed E-state index contributed by atoms with van der Waals surface area (Å²) < 4.78 is 0. The fourth-order valence-corrected chi connectivity index (χ4v) is 3.20. The van der Waals surface area contributed by atoms with Crippen molar-refractivity contribution in [1.29, 1.82) is 0 Å². The van der Waals surface area contributed by atoms with Gasteiger partial charge in [0.2, 0.25) is 0 Å². The topological polar surface area (TPSA) is 29.1 Å². The van der Waals surface area contributed by atoms with Crippen molar-refractivity contribution in [3.05, 3.63) is 56.2 Å². The fourth-order valence-electron chi connectivity index (χ4n) is 2.04. The van der Waals surface area contributed by atoms with E-state index in [0.717, 1.165) is 22.7 Å². The number of thiophene rings is 1. The molecule has 4 heteroatoms. The summed E-state index contributed by atoms with van der Waals surface area (Å²) >= 11 is 7.40. The summed E-state index contributed by atoms with van der Waals surface area (Å²) in [6.07, 6.45) is 1.79. The lowest BCUT2D eigenvalue weighted by molar-refractivity contribution is 0.0958. The Morgan fingerprint density at radius 2 is 2.00 bits per heavy atom. The molecule has 0 saturated carbocycles. The van der Waals surface area contributed by atoms with Gasteiger partial charge in [-0.15, -0.1) is 11.3 Å². The third-order valence-electron chi connectivity index (χ3n) is 3.24. The summed E-state index contributed by atoms with van der Waals surface area (Å²) in [5.74, 6) is 0.0202. The molecule has 1 heterocycles. The van der Waals surface area contributed by atoms with Crippen LogP contribution in [0.4, 0.5) is 0 Å². The van der Waals surface area contributed by atoms with E-state index in [2.05, 4.69) is 19.2 Å². The molecule has 1 aromatic carbocycles.